The first-order valence-electron chi connectivity index (χ1n) is 8.50. The van der Waals surface area contributed by atoms with Gasteiger partial charge in [0.25, 0.3) is 5.91 Å². The van der Waals surface area contributed by atoms with Crippen molar-refractivity contribution in [1.29, 1.82) is 0 Å². The van der Waals surface area contributed by atoms with Crippen LogP contribution in [-0.2, 0) is 9.59 Å². The van der Waals surface area contributed by atoms with E-state index in [1.54, 1.807) is 0 Å². The van der Waals surface area contributed by atoms with Crippen LogP contribution in [0.15, 0.2) is 65.8 Å². The number of hydrazone groups is 1. The number of β-amino-alcohol motifs (C(OH)–C–C–N with tert-alkyl or cyclic N) is 1. The van der Waals surface area contributed by atoms with Crippen LogP contribution in [0.4, 0.5) is 0 Å². The molecule has 1 fully saturated rings. The van der Waals surface area contributed by atoms with Crippen molar-refractivity contribution in [3.8, 4) is 0 Å². The van der Waals surface area contributed by atoms with Gasteiger partial charge in [0.05, 0.1) is 11.8 Å². The van der Waals surface area contributed by atoms with Crippen molar-refractivity contribution in [1.82, 2.24) is 10.3 Å². The zero-order valence-corrected chi connectivity index (χ0v) is 14.5. The lowest BCUT2D eigenvalue weighted by molar-refractivity contribution is -0.136. The van der Waals surface area contributed by atoms with Gasteiger partial charge in [0, 0.05) is 31.0 Å². The summed E-state index contributed by atoms with van der Waals surface area (Å²) in [6, 6.07) is 18.4. The van der Waals surface area contributed by atoms with Gasteiger partial charge in [-0.2, -0.15) is 5.10 Å². The molecule has 1 heterocycles. The standard InChI is InChI=1S/C20H21N3O3/c1-14(24)23-13-17(25)12-18(23)20(26)22-21-19(15-8-4-2-5-9-15)16-10-6-3-7-11-16/h2-11,17-18,25H,12-13H2,1H3,(H,22,26)/t17-,18-/m1/s1. The average Bonchev–Trinajstić information content (AvgIpc) is 3.06. The second-order valence-electron chi connectivity index (χ2n) is 6.25. The van der Waals surface area contributed by atoms with Gasteiger partial charge in [0.1, 0.15) is 6.04 Å². The van der Waals surface area contributed by atoms with Gasteiger partial charge in [-0.3, -0.25) is 9.59 Å². The van der Waals surface area contributed by atoms with Crippen molar-refractivity contribution in [2.45, 2.75) is 25.5 Å². The molecule has 0 bridgehead atoms. The molecule has 1 aliphatic heterocycles. The van der Waals surface area contributed by atoms with E-state index in [1.165, 1.54) is 11.8 Å². The Hall–Kier alpha value is -2.99. The third kappa shape index (κ3) is 3.97. The summed E-state index contributed by atoms with van der Waals surface area (Å²) in [6.07, 6.45) is -0.478. The maximum atomic E-state index is 12.5. The van der Waals surface area contributed by atoms with Crippen molar-refractivity contribution in [3.05, 3.63) is 71.8 Å². The van der Waals surface area contributed by atoms with Gasteiger partial charge in [0.15, 0.2) is 0 Å². The molecule has 0 aliphatic carbocycles. The minimum absolute atomic E-state index is 0.168. The minimum Gasteiger partial charge on any atom is -0.391 e. The maximum Gasteiger partial charge on any atom is 0.262 e. The number of nitrogens with one attached hydrogen (secondary N) is 1. The normalized spacial score (nSPS) is 19.1. The largest absolute Gasteiger partial charge is 0.391 e. The molecule has 2 aromatic rings. The number of aliphatic hydroxyl groups is 1. The highest BCUT2D eigenvalue weighted by Gasteiger charge is 2.37. The van der Waals surface area contributed by atoms with Crippen LogP contribution in [0.25, 0.3) is 0 Å². The lowest BCUT2D eigenvalue weighted by atomic mass is 10.0. The number of hydrogen-bond donors (Lipinski definition) is 2. The van der Waals surface area contributed by atoms with E-state index in [4.69, 9.17) is 0 Å². The Kier molecular flexibility index (Phi) is 5.43. The molecule has 26 heavy (non-hydrogen) atoms. The number of benzene rings is 2. The van der Waals surface area contributed by atoms with Crippen molar-refractivity contribution in [3.63, 3.8) is 0 Å². The Labute approximate surface area is 152 Å². The maximum absolute atomic E-state index is 12.5. The summed E-state index contributed by atoms with van der Waals surface area (Å²) in [5, 5.41) is 14.1. The van der Waals surface area contributed by atoms with Crippen molar-refractivity contribution >= 4 is 17.5 Å². The molecule has 6 nitrogen and oxygen atoms in total. The second-order valence-corrected chi connectivity index (χ2v) is 6.25. The quantitative estimate of drug-likeness (QED) is 0.647. The van der Waals surface area contributed by atoms with Gasteiger partial charge >= 0.3 is 0 Å². The third-order valence-electron chi connectivity index (χ3n) is 4.36. The summed E-state index contributed by atoms with van der Waals surface area (Å²) in [7, 11) is 0. The van der Waals surface area contributed by atoms with Gasteiger partial charge in [-0.05, 0) is 0 Å². The third-order valence-corrected chi connectivity index (χ3v) is 4.36. The SMILES string of the molecule is CC(=O)N1C[C@H](O)C[C@@H]1C(=O)NN=C(c1ccccc1)c1ccccc1. The second kappa shape index (κ2) is 7.93. The predicted octanol–water partition coefficient (Wildman–Crippen LogP) is 1.54. The Bertz CT molecular complexity index is 764. The molecule has 1 saturated heterocycles. The van der Waals surface area contributed by atoms with Crippen molar-refractivity contribution in [2.24, 2.45) is 5.10 Å². The first-order valence-corrected chi connectivity index (χ1v) is 8.50. The Morgan fingerprint density at radius 3 is 2.08 bits per heavy atom. The van der Waals surface area contributed by atoms with E-state index in [0.29, 0.717) is 5.71 Å². The first kappa shape index (κ1) is 17.8. The lowest BCUT2D eigenvalue weighted by Crippen LogP contribution is -2.44. The molecule has 0 spiro atoms. The van der Waals surface area contributed by atoms with Crippen LogP contribution in [0, 0.1) is 0 Å². The molecule has 0 unspecified atom stereocenters. The van der Waals surface area contributed by atoms with Gasteiger partial charge < -0.3 is 10.0 Å². The molecule has 3 rings (SSSR count). The molecule has 2 amide bonds. The van der Waals surface area contributed by atoms with E-state index in [2.05, 4.69) is 10.5 Å². The van der Waals surface area contributed by atoms with Crippen molar-refractivity contribution in [2.75, 3.05) is 6.54 Å². The van der Waals surface area contributed by atoms with Crippen molar-refractivity contribution < 1.29 is 14.7 Å². The van der Waals surface area contributed by atoms with Crippen LogP contribution in [0.2, 0.25) is 0 Å². The topological polar surface area (TPSA) is 82.0 Å². The highest BCUT2D eigenvalue weighted by molar-refractivity contribution is 6.13. The number of likely N-dealkylation sites (tertiary alicyclic amines) is 1. The molecule has 0 radical (unpaired) electrons. The summed E-state index contributed by atoms with van der Waals surface area (Å²) in [5.74, 6) is -0.641. The van der Waals surface area contributed by atoms with Gasteiger partial charge in [-0.1, -0.05) is 60.7 Å². The number of rotatable bonds is 4. The molecule has 0 aromatic heterocycles. The number of carbonyl (C=O) groups is 2. The smallest absolute Gasteiger partial charge is 0.262 e. The molecular formula is C20H21N3O3. The summed E-state index contributed by atoms with van der Waals surface area (Å²) in [4.78, 5) is 25.6. The highest BCUT2D eigenvalue weighted by atomic mass is 16.3. The fraction of sp³-hybridized carbons (Fsp3) is 0.250. The highest BCUT2D eigenvalue weighted by Crippen LogP contribution is 2.18. The van der Waals surface area contributed by atoms with E-state index in [0.717, 1.165) is 11.1 Å². The van der Waals surface area contributed by atoms with Crippen LogP contribution in [0.3, 0.4) is 0 Å². The molecule has 134 valence electrons. The first-order chi connectivity index (χ1) is 12.6. The van der Waals surface area contributed by atoms with Gasteiger partial charge in [-0.15, -0.1) is 0 Å². The van der Waals surface area contributed by atoms with E-state index in [1.807, 2.05) is 60.7 Å². The molecule has 2 aromatic carbocycles. The minimum atomic E-state index is -0.709. The average molecular weight is 351 g/mol. The molecule has 2 atom stereocenters. The van der Waals surface area contributed by atoms with E-state index < -0.39 is 18.1 Å². The van der Waals surface area contributed by atoms with Gasteiger partial charge in [-0.25, -0.2) is 5.43 Å². The van der Waals surface area contributed by atoms with Crippen LogP contribution < -0.4 is 5.43 Å². The van der Waals surface area contributed by atoms with E-state index in [9.17, 15) is 14.7 Å². The number of amides is 2. The van der Waals surface area contributed by atoms with Crippen LogP contribution in [0.5, 0.6) is 0 Å². The zero-order chi connectivity index (χ0) is 18.5. The predicted molar refractivity (Wildman–Crippen MR) is 98.5 cm³/mol. The summed E-state index contributed by atoms with van der Waals surface area (Å²) >= 11 is 0. The molecular weight excluding hydrogens is 330 g/mol. The monoisotopic (exact) mass is 351 g/mol. The Morgan fingerprint density at radius 1 is 1.04 bits per heavy atom. The molecule has 1 aliphatic rings. The molecule has 2 N–H and O–H groups in total. The van der Waals surface area contributed by atoms with E-state index in [-0.39, 0.29) is 18.9 Å². The summed E-state index contributed by atoms with van der Waals surface area (Å²) in [5.41, 5.74) is 4.94. The summed E-state index contributed by atoms with van der Waals surface area (Å²) in [6.45, 7) is 1.56. The van der Waals surface area contributed by atoms with E-state index >= 15 is 0 Å². The number of nitrogens with zero attached hydrogens (tertiary/aromatic N) is 2. The molecule has 6 heteroatoms. The Morgan fingerprint density at radius 2 is 1.58 bits per heavy atom. The number of carbonyl (C=O) groups excluding carboxylic acids is 2. The van der Waals surface area contributed by atoms with Crippen LogP contribution in [-0.4, -0.2) is 46.2 Å². The zero-order valence-electron chi connectivity index (χ0n) is 14.5. The van der Waals surface area contributed by atoms with Crippen LogP contribution >= 0.6 is 0 Å². The number of aliphatic hydroxyl groups excluding tert-OH is 1. The molecule has 0 saturated carbocycles. The van der Waals surface area contributed by atoms with Crippen LogP contribution in [0.1, 0.15) is 24.5 Å². The fourth-order valence-corrected chi connectivity index (χ4v) is 3.08. The lowest BCUT2D eigenvalue weighted by Gasteiger charge is -2.21. The fourth-order valence-electron chi connectivity index (χ4n) is 3.08. The van der Waals surface area contributed by atoms with Gasteiger partial charge in [0.2, 0.25) is 5.91 Å². The number of hydrogen-bond acceptors (Lipinski definition) is 4. The summed E-state index contributed by atoms with van der Waals surface area (Å²) < 4.78 is 0. The Balaban J connectivity index is 1.85.